The van der Waals surface area contributed by atoms with Crippen LogP contribution in [0.3, 0.4) is 0 Å². The number of thiazole rings is 2. The molecule has 3 heterocycles. The van der Waals surface area contributed by atoms with Crippen LogP contribution in [0.4, 0.5) is 5.13 Å². The fraction of sp³-hybridized carbons (Fsp3) is 0.318. The zero-order valence-electron chi connectivity index (χ0n) is 18.1. The number of sulfonamides is 1. The van der Waals surface area contributed by atoms with Gasteiger partial charge in [0.15, 0.2) is 9.47 Å². The van der Waals surface area contributed by atoms with E-state index in [1.807, 2.05) is 25.3 Å². The Morgan fingerprint density at radius 2 is 1.76 bits per heavy atom. The van der Waals surface area contributed by atoms with Crippen LogP contribution in [0.25, 0.3) is 20.4 Å². The van der Waals surface area contributed by atoms with E-state index in [2.05, 4.69) is 15.3 Å². The number of hydrogen-bond acceptors (Lipinski definition) is 8. The highest BCUT2D eigenvalue weighted by atomic mass is 32.2. The van der Waals surface area contributed by atoms with Crippen LogP contribution in [0.1, 0.15) is 36.5 Å². The predicted octanol–water partition coefficient (Wildman–Crippen LogP) is 5.44. The van der Waals surface area contributed by atoms with Crippen LogP contribution in [0.5, 0.6) is 0 Å². The van der Waals surface area contributed by atoms with Crippen molar-refractivity contribution in [3.05, 3.63) is 42.0 Å². The molecule has 0 saturated carbocycles. The van der Waals surface area contributed by atoms with Gasteiger partial charge in [0.1, 0.15) is 0 Å². The summed E-state index contributed by atoms with van der Waals surface area (Å²) in [5, 5.41) is 3.35. The van der Waals surface area contributed by atoms with Gasteiger partial charge in [-0.25, -0.2) is 18.4 Å². The molecule has 7 nitrogen and oxygen atoms in total. The minimum atomic E-state index is -3.57. The number of carbonyl (C=O) groups is 1. The number of piperidine rings is 1. The molecule has 0 bridgehead atoms. The van der Waals surface area contributed by atoms with E-state index in [4.69, 9.17) is 0 Å². The molecule has 1 atom stereocenters. The fourth-order valence-electron chi connectivity index (χ4n) is 4.01. The lowest BCUT2D eigenvalue weighted by Gasteiger charge is -2.32. The van der Waals surface area contributed by atoms with E-state index in [-0.39, 0.29) is 16.8 Å². The quantitative estimate of drug-likeness (QED) is 0.354. The second-order valence-corrected chi connectivity index (χ2v) is 12.8. The summed E-state index contributed by atoms with van der Waals surface area (Å²) in [6.07, 6.45) is 4.79. The summed E-state index contributed by atoms with van der Waals surface area (Å²) in [4.78, 5) is 22.1. The molecule has 5 rings (SSSR count). The maximum atomic E-state index is 13.0. The molecule has 1 fully saturated rings. The van der Waals surface area contributed by atoms with Gasteiger partial charge in [0.25, 0.3) is 5.91 Å². The molecule has 33 heavy (non-hydrogen) atoms. The Bertz CT molecular complexity index is 1440. The maximum absolute atomic E-state index is 13.0. The Morgan fingerprint density at radius 3 is 2.45 bits per heavy atom. The van der Waals surface area contributed by atoms with Crippen LogP contribution in [-0.4, -0.2) is 47.4 Å². The topological polar surface area (TPSA) is 92.3 Å². The number of nitrogens with one attached hydrogen (secondary N) is 1. The molecule has 1 amide bonds. The third-order valence-electron chi connectivity index (χ3n) is 5.75. The zero-order valence-corrected chi connectivity index (χ0v) is 21.3. The number of hydrogen-bond donors (Lipinski definition) is 1. The van der Waals surface area contributed by atoms with Gasteiger partial charge in [0.2, 0.25) is 10.0 Å². The third-order valence-corrected chi connectivity index (χ3v) is 11.0. The number of benzene rings is 2. The summed E-state index contributed by atoms with van der Waals surface area (Å²) in [7, 11) is -3.57. The Balaban J connectivity index is 1.36. The molecule has 11 heteroatoms. The number of carbonyl (C=O) groups excluding carboxylic acids is 1. The highest BCUT2D eigenvalue weighted by Gasteiger charge is 2.31. The molecular weight excluding hydrogens is 497 g/mol. The first kappa shape index (κ1) is 22.7. The van der Waals surface area contributed by atoms with E-state index in [0.717, 1.165) is 44.0 Å². The molecule has 4 aromatic rings. The van der Waals surface area contributed by atoms with Crippen molar-refractivity contribution >= 4 is 75.9 Å². The van der Waals surface area contributed by atoms with Crippen LogP contribution in [0.15, 0.2) is 45.6 Å². The van der Waals surface area contributed by atoms with Crippen LogP contribution in [-0.2, 0) is 10.0 Å². The Hall–Kier alpha value is -2.05. The summed E-state index contributed by atoms with van der Waals surface area (Å²) in [5.74, 6) is -0.324. The zero-order chi connectivity index (χ0) is 23.2. The summed E-state index contributed by atoms with van der Waals surface area (Å²) < 4.78 is 30.6. The first-order valence-electron chi connectivity index (χ1n) is 10.5. The van der Waals surface area contributed by atoms with Crippen molar-refractivity contribution < 1.29 is 13.2 Å². The van der Waals surface area contributed by atoms with Crippen LogP contribution in [0, 0.1) is 0 Å². The van der Waals surface area contributed by atoms with Crippen LogP contribution in [0.2, 0.25) is 0 Å². The number of nitrogens with zero attached hydrogens (tertiary/aromatic N) is 3. The van der Waals surface area contributed by atoms with Gasteiger partial charge in [-0.2, -0.15) is 4.31 Å². The molecule has 0 unspecified atom stereocenters. The highest BCUT2D eigenvalue weighted by Crippen LogP contribution is 2.38. The number of rotatable bonds is 5. The van der Waals surface area contributed by atoms with Gasteiger partial charge in [0.05, 0.1) is 25.3 Å². The van der Waals surface area contributed by atoms with Gasteiger partial charge in [0, 0.05) is 18.2 Å². The van der Waals surface area contributed by atoms with Crippen molar-refractivity contribution in [1.82, 2.24) is 14.3 Å². The number of fused-ring (bicyclic) bond motifs is 3. The summed E-state index contributed by atoms with van der Waals surface area (Å²) in [5.41, 5.74) is 2.13. The van der Waals surface area contributed by atoms with Crippen molar-refractivity contribution in [1.29, 1.82) is 0 Å². The third kappa shape index (κ3) is 4.28. The lowest BCUT2D eigenvalue weighted by molar-refractivity contribution is 0.102. The normalized spacial score (nSPS) is 17.6. The number of amides is 1. The van der Waals surface area contributed by atoms with Gasteiger partial charge >= 0.3 is 0 Å². The Labute approximate surface area is 204 Å². The predicted molar refractivity (Wildman–Crippen MR) is 136 cm³/mol. The monoisotopic (exact) mass is 518 g/mol. The van der Waals surface area contributed by atoms with E-state index in [9.17, 15) is 13.2 Å². The Kier molecular flexibility index (Phi) is 6.17. The van der Waals surface area contributed by atoms with Gasteiger partial charge in [-0.1, -0.05) is 29.5 Å². The number of thioether (sulfide) groups is 1. The van der Waals surface area contributed by atoms with Gasteiger partial charge in [-0.3, -0.25) is 10.1 Å². The second kappa shape index (κ2) is 8.95. The van der Waals surface area contributed by atoms with Crippen LogP contribution >= 0.6 is 34.4 Å². The van der Waals surface area contributed by atoms with Crippen molar-refractivity contribution in [3.8, 4) is 0 Å². The molecule has 172 valence electrons. The largest absolute Gasteiger partial charge is 0.298 e. The van der Waals surface area contributed by atoms with E-state index in [1.54, 1.807) is 39.5 Å². The molecule has 0 radical (unpaired) electrons. The van der Waals surface area contributed by atoms with E-state index in [1.165, 1.54) is 23.5 Å². The maximum Gasteiger partial charge on any atom is 0.257 e. The Morgan fingerprint density at radius 1 is 1.06 bits per heavy atom. The van der Waals surface area contributed by atoms with Crippen molar-refractivity contribution in [3.63, 3.8) is 0 Å². The summed E-state index contributed by atoms with van der Waals surface area (Å²) >= 11 is 4.64. The first-order chi connectivity index (χ1) is 15.9. The van der Waals surface area contributed by atoms with Crippen molar-refractivity contribution in [2.24, 2.45) is 0 Å². The molecule has 0 spiro atoms. The van der Waals surface area contributed by atoms with Crippen molar-refractivity contribution in [2.75, 3.05) is 18.1 Å². The average Bonchev–Trinajstić information content (AvgIpc) is 3.42. The fourth-order valence-corrected chi connectivity index (χ4v) is 8.36. The summed E-state index contributed by atoms with van der Waals surface area (Å²) in [6.45, 7) is 2.48. The molecular formula is C22H22N4O3S4. The highest BCUT2D eigenvalue weighted by molar-refractivity contribution is 8.00. The van der Waals surface area contributed by atoms with E-state index < -0.39 is 10.0 Å². The minimum absolute atomic E-state index is 0.0113. The first-order valence-corrected chi connectivity index (χ1v) is 14.8. The van der Waals surface area contributed by atoms with E-state index >= 15 is 0 Å². The van der Waals surface area contributed by atoms with Gasteiger partial charge in [-0.15, -0.1) is 11.3 Å². The molecule has 1 N–H and O–H groups in total. The second-order valence-electron chi connectivity index (χ2n) is 7.90. The lowest BCUT2D eigenvalue weighted by Crippen LogP contribution is -2.41. The molecule has 2 aromatic carbocycles. The molecule has 1 aliphatic rings. The number of aromatic nitrogens is 2. The van der Waals surface area contributed by atoms with Crippen molar-refractivity contribution in [2.45, 2.75) is 41.5 Å². The van der Waals surface area contributed by atoms with Gasteiger partial charge in [-0.05, 0) is 62.4 Å². The molecule has 2 aromatic heterocycles. The number of anilines is 1. The van der Waals surface area contributed by atoms with Crippen LogP contribution < -0.4 is 5.32 Å². The standard InChI is InChI=1S/C22H22N4O3S4/c1-13-5-3-4-12-26(13)33(28,29)15-8-6-14(7-9-15)20(27)25-21-23-16-10-11-17-19(18(16)31-21)32-22(24-17)30-2/h6-11,13H,3-5,12H2,1-2H3,(H,23,25,27)/t13-/m1/s1. The van der Waals surface area contributed by atoms with E-state index in [0.29, 0.717) is 17.2 Å². The molecule has 1 aliphatic heterocycles. The lowest BCUT2D eigenvalue weighted by atomic mass is 10.1. The molecule has 1 saturated heterocycles. The minimum Gasteiger partial charge on any atom is -0.298 e. The average molecular weight is 519 g/mol. The van der Waals surface area contributed by atoms with Gasteiger partial charge < -0.3 is 0 Å². The SMILES string of the molecule is CSc1nc2ccc3nc(NC(=O)c4ccc(S(=O)(=O)N5CCCC[C@H]5C)cc4)sc3c2s1. The smallest absolute Gasteiger partial charge is 0.257 e. The summed E-state index contributed by atoms with van der Waals surface area (Å²) in [6, 6.07) is 9.97. The molecule has 0 aliphatic carbocycles.